The maximum atomic E-state index is 12.4. The van der Waals surface area contributed by atoms with Crippen molar-refractivity contribution in [1.82, 2.24) is 0 Å². The lowest BCUT2D eigenvalue weighted by Gasteiger charge is -2.59. The lowest BCUT2D eigenvalue weighted by Crippen LogP contribution is -2.58. The fourth-order valence-corrected chi connectivity index (χ4v) is 6.81. The minimum atomic E-state index is -0.900. The zero-order valence-electron chi connectivity index (χ0n) is 14.5. The van der Waals surface area contributed by atoms with Gasteiger partial charge in [-0.2, -0.15) is 0 Å². The van der Waals surface area contributed by atoms with Crippen LogP contribution in [0.4, 0.5) is 0 Å². The second-order valence-electron chi connectivity index (χ2n) is 9.04. The van der Waals surface area contributed by atoms with E-state index in [1.54, 1.807) is 0 Å². The Morgan fingerprint density at radius 1 is 1.12 bits per heavy atom. The summed E-state index contributed by atoms with van der Waals surface area (Å²) in [5.41, 5.74) is 0.265. The maximum Gasteiger partial charge on any atom is 0.161 e. The fourth-order valence-electron chi connectivity index (χ4n) is 6.81. The van der Waals surface area contributed by atoms with Crippen LogP contribution in [0.1, 0.15) is 58.8 Å². The molecule has 0 aliphatic heterocycles. The number of carbonyl (C=O) groups excluding carboxylic acids is 2. The number of nitrogens with zero attached hydrogens (tertiary/aromatic N) is 1. The molecule has 4 saturated carbocycles. The van der Waals surface area contributed by atoms with Crippen molar-refractivity contribution in [2.24, 2.45) is 39.7 Å². The van der Waals surface area contributed by atoms with Crippen LogP contribution < -0.4 is 0 Å². The van der Waals surface area contributed by atoms with Gasteiger partial charge in [0, 0.05) is 24.2 Å². The molecule has 24 heavy (non-hydrogen) atoms. The van der Waals surface area contributed by atoms with Gasteiger partial charge >= 0.3 is 0 Å². The van der Waals surface area contributed by atoms with E-state index in [2.05, 4.69) is 19.0 Å². The lowest BCUT2D eigenvalue weighted by molar-refractivity contribution is -0.145. The van der Waals surface area contributed by atoms with E-state index in [4.69, 9.17) is 0 Å². The molecule has 4 aliphatic carbocycles. The Morgan fingerprint density at radius 3 is 2.58 bits per heavy atom. The molecule has 2 unspecified atom stereocenters. The molecule has 0 aromatic rings. The molecule has 5 nitrogen and oxygen atoms in total. The van der Waals surface area contributed by atoms with Gasteiger partial charge in [-0.1, -0.05) is 19.0 Å². The number of rotatable bonds is 0. The first kappa shape index (κ1) is 16.2. The molecule has 7 atom stereocenters. The fraction of sp³-hybridized carbons (Fsp3) is 0.842. The maximum absolute atomic E-state index is 12.4. The van der Waals surface area contributed by atoms with Crippen molar-refractivity contribution >= 4 is 17.3 Å². The van der Waals surface area contributed by atoms with Gasteiger partial charge in [-0.15, -0.1) is 0 Å². The second kappa shape index (κ2) is 5.13. The zero-order chi connectivity index (χ0) is 17.3. The van der Waals surface area contributed by atoms with Gasteiger partial charge in [0.2, 0.25) is 0 Å². The van der Waals surface area contributed by atoms with Crippen molar-refractivity contribution < 1.29 is 19.9 Å². The molecule has 0 aromatic carbocycles. The molecule has 0 amide bonds. The Hall–Kier alpha value is -1.23. The largest absolute Gasteiger partial charge is 0.411 e. The van der Waals surface area contributed by atoms with E-state index in [0.29, 0.717) is 48.5 Å². The van der Waals surface area contributed by atoms with E-state index in [1.807, 2.05) is 0 Å². The molecule has 4 rings (SSSR count). The number of Topliss-reactive ketones (excluding diaryl/α,β-unsaturated/α-hetero) is 2. The Bertz CT molecular complexity index is 629. The lowest BCUT2D eigenvalue weighted by atomic mass is 9.44. The number of ketones is 2. The Balaban J connectivity index is 1.75. The summed E-state index contributed by atoms with van der Waals surface area (Å²) in [5.74, 6) is 1.24. The monoisotopic (exact) mass is 333 g/mol. The predicted molar refractivity (Wildman–Crippen MR) is 87.7 cm³/mol. The van der Waals surface area contributed by atoms with Gasteiger partial charge in [0.05, 0.1) is 5.71 Å². The highest BCUT2D eigenvalue weighted by Crippen LogP contribution is 2.64. The van der Waals surface area contributed by atoms with Crippen molar-refractivity contribution in [3.05, 3.63) is 0 Å². The molecule has 0 spiro atoms. The Labute approximate surface area is 142 Å². The van der Waals surface area contributed by atoms with Gasteiger partial charge < -0.3 is 10.3 Å². The highest BCUT2D eigenvalue weighted by atomic mass is 16.4. The molecule has 0 bridgehead atoms. The number of aliphatic hydroxyl groups is 1. The van der Waals surface area contributed by atoms with Crippen LogP contribution in [0.25, 0.3) is 0 Å². The molecule has 0 heterocycles. The summed E-state index contributed by atoms with van der Waals surface area (Å²) in [7, 11) is 0. The molecule has 0 aromatic heterocycles. The van der Waals surface area contributed by atoms with E-state index >= 15 is 0 Å². The zero-order valence-corrected chi connectivity index (χ0v) is 14.5. The average molecular weight is 333 g/mol. The summed E-state index contributed by atoms with van der Waals surface area (Å²) >= 11 is 0. The quantitative estimate of drug-likeness (QED) is 0.527. The third-order valence-electron chi connectivity index (χ3n) is 8.17. The molecule has 0 saturated heterocycles. The topological polar surface area (TPSA) is 87.0 Å². The molecule has 132 valence electrons. The second-order valence-corrected chi connectivity index (χ2v) is 9.04. The van der Waals surface area contributed by atoms with Gasteiger partial charge in [-0.3, -0.25) is 9.59 Å². The smallest absolute Gasteiger partial charge is 0.161 e. The van der Waals surface area contributed by atoms with Crippen LogP contribution in [0.2, 0.25) is 0 Å². The number of fused-ring (bicyclic) bond motifs is 5. The standard InChI is InChI=1S/C19H27NO4/c1-18-6-5-12-10(11(18)3-4-17(18)23)7-14(20-24)13-8-15(21)16(22)9-19(12,13)2/h10-13,16,22,24H,3-9H2,1-2H3/b20-14+/t10-,11-,12-,13?,16?,18-,19+/m0/s1. The van der Waals surface area contributed by atoms with Crippen molar-refractivity contribution in [3.63, 3.8) is 0 Å². The normalized spacial score (nSPS) is 52.8. The van der Waals surface area contributed by atoms with Gasteiger partial charge in [0.1, 0.15) is 11.9 Å². The summed E-state index contributed by atoms with van der Waals surface area (Å²) in [6, 6.07) is 0. The minimum Gasteiger partial charge on any atom is -0.411 e. The summed E-state index contributed by atoms with van der Waals surface area (Å²) in [5, 5.41) is 23.4. The molecule has 5 heteroatoms. The van der Waals surface area contributed by atoms with E-state index in [9.17, 15) is 19.9 Å². The average Bonchev–Trinajstić information content (AvgIpc) is 2.84. The van der Waals surface area contributed by atoms with E-state index < -0.39 is 6.10 Å². The van der Waals surface area contributed by atoms with Gasteiger partial charge in [-0.05, 0) is 55.3 Å². The first-order chi connectivity index (χ1) is 11.3. The molecule has 4 aliphatic rings. The number of hydrogen-bond donors (Lipinski definition) is 2. The van der Waals surface area contributed by atoms with Crippen LogP contribution in [0.5, 0.6) is 0 Å². The summed E-state index contributed by atoms with van der Waals surface area (Å²) < 4.78 is 0. The molecule has 2 N–H and O–H groups in total. The highest BCUT2D eigenvalue weighted by Gasteiger charge is 2.62. The summed E-state index contributed by atoms with van der Waals surface area (Å²) in [4.78, 5) is 24.5. The van der Waals surface area contributed by atoms with Gasteiger partial charge in [-0.25, -0.2) is 0 Å². The number of oxime groups is 1. The van der Waals surface area contributed by atoms with E-state index in [-0.39, 0.29) is 29.0 Å². The van der Waals surface area contributed by atoms with Crippen molar-refractivity contribution in [2.75, 3.05) is 0 Å². The first-order valence-corrected chi connectivity index (χ1v) is 9.26. The van der Waals surface area contributed by atoms with Crippen LogP contribution in [-0.2, 0) is 9.59 Å². The third-order valence-corrected chi connectivity index (χ3v) is 8.17. The SMILES string of the molecule is C[C@]12CC(O)C(=O)CC1/C(=N/O)C[C@@H]1[C@@H]2CC[C@]2(C)C(=O)CC[C@@H]12. The number of hydrogen-bond acceptors (Lipinski definition) is 5. The van der Waals surface area contributed by atoms with Crippen molar-refractivity contribution in [2.45, 2.75) is 64.9 Å². The van der Waals surface area contributed by atoms with Gasteiger partial charge in [0.15, 0.2) is 5.78 Å². The highest BCUT2D eigenvalue weighted by molar-refractivity contribution is 5.95. The Kier molecular flexibility index (Phi) is 3.48. The minimum absolute atomic E-state index is 0.0684. The summed E-state index contributed by atoms with van der Waals surface area (Å²) in [6.45, 7) is 4.28. The third kappa shape index (κ3) is 1.94. The number of carbonyl (C=O) groups is 2. The molecular formula is C19H27NO4. The summed E-state index contributed by atoms with van der Waals surface area (Å²) in [6.07, 6.45) is 4.00. The van der Waals surface area contributed by atoms with Crippen LogP contribution in [0.15, 0.2) is 5.16 Å². The molecular weight excluding hydrogens is 306 g/mol. The van der Waals surface area contributed by atoms with Crippen LogP contribution in [-0.4, -0.2) is 33.7 Å². The van der Waals surface area contributed by atoms with Crippen LogP contribution in [0.3, 0.4) is 0 Å². The van der Waals surface area contributed by atoms with E-state index in [0.717, 1.165) is 19.3 Å². The first-order valence-electron chi connectivity index (χ1n) is 9.26. The van der Waals surface area contributed by atoms with Crippen molar-refractivity contribution in [3.8, 4) is 0 Å². The van der Waals surface area contributed by atoms with Gasteiger partial charge in [0.25, 0.3) is 0 Å². The predicted octanol–water partition coefficient (Wildman–Crippen LogP) is 2.58. The number of aliphatic hydroxyl groups excluding tert-OH is 1. The molecule has 4 fully saturated rings. The Morgan fingerprint density at radius 2 is 1.88 bits per heavy atom. The van der Waals surface area contributed by atoms with Crippen LogP contribution >= 0.6 is 0 Å². The van der Waals surface area contributed by atoms with Crippen molar-refractivity contribution in [1.29, 1.82) is 0 Å². The molecule has 0 radical (unpaired) electrons. The van der Waals surface area contributed by atoms with Crippen LogP contribution in [0, 0.1) is 34.5 Å². The van der Waals surface area contributed by atoms with E-state index in [1.165, 1.54) is 0 Å².